The maximum atomic E-state index is 5.77. The Balaban J connectivity index is 2.14. The van der Waals surface area contributed by atoms with Gasteiger partial charge in [0.25, 0.3) is 0 Å². The molecule has 0 radical (unpaired) electrons. The first-order valence-electron chi connectivity index (χ1n) is 5.35. The highest BCUT2D eigenvalue weighted by atomic mass is 15.2. The van der Waals surface area contributed by atoms with Crippen LogP contribution in [-0.4, -0.2) is 14.8 Å². The quantitative estimate of drug-likeness (QED) is 0.795. The topological polar surface area (TPSA) is 56.7 Å². The van der Waals surface area contributed by atoms with Crippen molar-refractivity contribution in [3.63, 3.8) is 0 Å². The number of benzene rings is 1. The van der Waals surface area contributed by atoms with Crippen LogP contribution in [0, 0.1) is 0 Å². The van der Waals surface area contributed by atoms with Crippen LogP contribution in [0.1, 0.15) is 24.2 Å². The summed E-state index contributed by atoms with van der Waals surface area (Å²) in [5, 5.41) is 7.96. The summed E-state index contributed by atoms with van der Waals surface area (Å²) in [6.45, 7) is 2.17. The summed E-state index contributed by atoms with van der Waals surface area (Å²) in [6, 6.07) is 7.99. The number of anilines is 1. The fourth-order valence-corrected chi connectivity index (χ4v) is 1.75. The van der Waals surface area contributed by atoms with E-state index in [1.165, 1.54) is 5.56 Å². The van der Waals surface area contributed by atoms with Crippen molar-refractivity contribution in [1.82, 2.24) is 14.8 Å². The normalized spacial score (nSPS) is 12.6. The zero-order valence-electron chi connectivity index (χ0n) is 9.59. The molecular weight excluding hydrogens is 200 g/mol. The Bertz CT molecular complexity index is 475. The predicted molar refractivity (Wildman–Crippen MR) is 64.0 cm³/mol. The van der Waals surface area contributed by atoms with Gasteiger partial charge in [-0.3, -0.25) is 0 Å². The monoisotopic (exact) mass is 216 g/mol. The molecule has 84 valence electrons. The van der Waals surface area contributed by atoms with E-state index in [-0.39, 0.29) is 0 Å². The smallest absolute Gasteiger partial charge is 0.133 e. The molecule has 0 bridgehead atoms. The lowest BCUT2D eigenvalue weighted by Gasteiger charge is -2.11. The number of rotatable bonds is 3. The third kappa shape index (κ3) is 2.21. The Labute approximate surface area is 95.1 Å². The molecule has 0 saturated heterocycles. The summed E-state index contributed by atoms with van der Waals surface area (Å²) in [7, 11) is 1.96. The van der Waals surface area contributed by atoms with E-state index in [1.54, 1.807) is 6.33 Å². The van der Waals surface area contributed by atoms with Crippen molar-refractivity contribution in [3.8, 4) is 0 Å². The van der Waals surface area contributed by atoms with Crippen molar-refractivity contribution in [1.29, 1.82) is 0 Å². The first-order valence-corrected chi connectivity index (χ1v) is 5.35. The Kier molecular flexibility index (Phi) is 2.90. The number of nitrogen functional groups attached to an aromatic ring is 1. The van der Waals surface area contributed by atoms with E-state index in [4.69, 9.17) is 5.73 Å². The predicted octanol–water partition coefficient (Wildman–Crippen LogP) is 1.74. The van der Waals surface area contributed by atoms with Crippen LogP contribution in [0.3, 0.4) is 0 Å². The summed E-state index contributed by atoms with van der Waals surface area (Å²) in [5.41, 5.74) is 7.81. The molecular formula is C12H16N4. The van der Waals surface area contributed by atoms with Crippen LogP contribution in [0.2, 0.25) is 0 Å². The summed E-state index contributed by atoms with van der Waals surface area (Å²) in [5.74, 6) is 1.39. The fraction of sp³-hybridized carbons (Fsp3) is 0.333. The Hall–Kier alpha value is -1.84. The van der Waals surface area contributed by atoms with E-state index >= 15 is 0 Å². The van der Waals surface area contributed by atoms with Gasteiger partial charge in [-0.05, 0) is 23.6 Å². The molecule has 1 atom stereocenters. The lowest BCUT2D eigenvalue weighted by molar-refractivity contribution is 0.681. The molecule has 0 aliphatic rings. The lowest BCUT2D eigenvalue weighted by Crippen LogP contribution is -2.04. The van der Waals surface area contributed by atoms with Gasteiger partial charge >= 0.3 is 0 Å². The summed E-state index contributed by atoms with van der Waals surface area (Å²) >= 11 is 0. The van der Waals surface area contributed by atoms with Gasteiger partial charge in [0.1, 0.15) is 12.2 Å². The van der Waals surface area contributed by atoms with Crippen molar-refractivity contribution < 1.29 is 0 Å². The molecule has 1 heterocycles. The highest BCUT2D eigenvalue weighted by molar-refractivity contribution is 5.41. The van der Waals surface area contributed by atoms with Crippen LogP contribution in [0.4, 0.5) is 5.69 Å². The first kappa shape index (κ1) is 10.7. The number of aryl methyl sites for hydroxylation is 1. The van der Waals surface area contributed by atoms with Crippen LogP contribution >= 0.6 is 0 Å². The summed E-state index contributed by atoms with van der Waals surface area (Å²) in [6.07, 6.45) is 2.60. The molecule has 0 aliphatic heterocycles. The van der Waals surface area contributed by atoms with Crippen LogP contribution in [0.5, 0.6) is 0 Å². The number of hydrogen-bond donors (Lipinski definition) is 1. The molecule has 2 aromatic rings. The number of nitrogens with two attached hydrogens (primary N) is 1. The maximum Gasteiger partial charge on any atom is 0.133 e. The minimum absolute atomic E-state index is 0.395. The SMILES string of the molecule is CC(Cc1nncn1C)c1cccc(N)c1. The van der Waals surface area contributed by atoms with Gasteiger partial charge in [-0.2, -0.15) is 0 Å². The molecule has 0 amide bonds. The molecule has 0 fully saturated rings. The summed E-state index contributed by atoms with van der Waals surface area (Å²) < 4.78 is 1.95. The first-order chi connectivity index (χ1) is 7.66. The van der Waals surface area contributed by atoms with Crippen LogP contribution in [-0.2, 0) is 13.5 Å². The van der Waals surface area contributed by atoms with E-state index in [2.05, 4.69) is 23.2 Å². The molecule has 1 aromatic heterocycles. The van der Waals surface area contributed by atoms with Gasteiger partial charge in [0.05, 0.1) is 0 Å². The molecule has 1 aromatic carbocycles. The third-order valence-electron chi connectivity index (χ3n) is 2.77. The Morgan fingerprint density at radius 3 is 2.88 bits per heavy atom. The average molecular weight is 216 g/mol. The highest BCUT2D eigenvalue weighted by Crippen LogP contribution is 2.20. The lowest BCUT2D eigenvalue weighted by atomic mass is 9.97. The minimum Gasteiger partial charge on any atom is -0.399 e. The van der Waals surface area contributed by atoms with Crippen LogP contribution < -0.4 is 5.73 Å². The molecule has 16 heavy (non-hydrogen) atoms. The van der Waals surface area contributed by atoms with E-state index < -0.39 is 0 Å². The van der Waals surface area contributed by atoms with E-state index in [0.717, 1.165) is 17.9 Å². The van der Waals surface area contributed by atoms with Gasteiger partial charge in [0.15, 0.2) is 0 Å². The van der Waals surface area contributed by atoms with E-state index in [9.17, 15) is 0 Å². The van der Waals surface area contributed by atoms with Gasteiger partial charge in [-0.1, -0.05) is 19.1 Å². The van der Waals surface area contributed by atoms with Crippen LogP contribution in [0.15, 0.2) is 30.6 Å². The largest absolute Gasteiger partial charge is 0.399 e. The third-order valence-corrected chi connectivity index (χ3v) is 2.77. The Morgan fingerprint density at radius 1 is 1.44 bits per heavy atom. The van der Waals surface area contributed by atoms with Gasteiger partial charge in [0, 0.05) is 19.2 Å². The molecule has 0 saturated carbocycles. The standard InChI is InChI=1S/C12H16N4/c1-9(6-12-15-14-8-16(12)2)10-4-3-5-11(13)7-10/h3-5,7-9H,6,13H2,1-2H3. The molecule has 0 aliphatic carbocycles. The molecule has 4 heteroatoms. The zero-order valence-corrected chi connectivity index (χ0v) is 9.59. The second-order valence-electron chi connectivity index (χ2n) is 4.13. The number of hydrogen-bond acceptors (Lipinski definition) is 3. The van der Waals surface area contributed by atoms with Crippen molar-refractivity contribution in [2.75, 3.05) is 5.73 Å². The van der Waals surface area contributed by atoms with Crippen molar-refractivity contribution in [3.05, 3.63) is 42.0 Å². The molecule has 1 unspecified atom stereocenters. The van der Waals surface area contributed by atoms with E-state index in [0.29, 0.717) is 5.92 Å². The minimum atomic E-state index is 0.395. The maximum absolute atomic E-state index is 5.77. The second-order valence-corrected chi connectivity index (χ2v) is 4.13. The number of aromatic nitrogens is 3. The molecule has 4 nitrogen and oxygen atoms in total. The molecule has 2 N–H and O–H groups in total. The molecule has 0 spiro atoms. The zero-order chi connectivity index (χ0) is 11.5. The Morgan fingerprint density at radius 2 is 2.25 bits per heavy atom. The fourth-order valence-electron chi connectivity index (χ4n) is 1.75. The molecule has 2 rings (SSSR count). The second kappa shape index (κ2) is 4.35. The highest BCUT2D eigenvalue weighted by Gasteiger charge is 2.10. The van der Waals surface area contributed by atoms with Gasteiger partial charge in [-0.25, -0.2) is 0 Å². The van der Waals surface area contributed by atoms with Crippen molar-refractivity contribution in [2.45, 2.75) is 19.3 Å². The number of nitrogens with zero attached hydrogens (tertiary/aromatic N) is 3. The van der Waals surface area contributed by atoms with Gasteiger partial charge in [-0.15, -0.1) is 10.2 Å². The van der Waals surface area contributed by atoms with Gasteiger partial charge < -0.3 is 10.3 Å². The van der Waals surface area contributed by atoms with Gasteiger partial charge in [0.2, 0.25) is 0 Å². The van der Waals surface area contributed by atoms with Crippen molar-refractivity contribution in [2.24, 2.45) is 7.05 Å². The van der Waals surface area contributed by atoms with E-state index in [1.807, 2.05) is 29.8 Å². The summed E-state index contributed by atoms with van der Waals surface area (Å²) in [4.78, 5) is 0. The average Bonchev–Trinajstić information content (AvgIpc) is 2.64. The van der Waals surface area contributed by atoms with Crippen molar-refractivity contribution >= 4 is 5.69 Å². The van der Waals surface area contributed by atoms with Crippen LogP contribution in [0.25, 0.3) is 0 Å².